The van der Waals surface area contributed by atoms with Crippen LogP contribution in [0.1, 0.15) is 12.5 Å². The Balaban J connectivity index is 2.37. The zero-order valence-electron chi connectivity index (χ0n) is 10.9. The summed E-state index contributed by atoms with van der Waals surface area (Å²) in [6.45, 7) is 4.08. The third-order valence-corrected chi connectivity index (χ3v) is 7.19. The molecule has 0 unspecified atom stereocenters. The van der Waals surface area contributed by atoms with Gasteiger partial charge < -0.3 is 4.90 Å². The van der Waals surface area contributed by atoms with Crippen molar-refractivity contribution in [3.8, 4) is 0 Å². The highest BCUT2D eigenvalue weighted by molar-refractivity contribution is 7.91. The van der Waals surface area contributed by atoms with Crippen LogP contribution in [0.15, 0.2) is 10.3 Å². The number of hydrogen-bond acceptors (Lipinski definition) is 4. The third kappa shape index (κ3) is 2.52. The highest BCUT2D eigenvalue weighted by atomic mass is 35.5. The first kappa shape index (κ1) is 14.8. The molecular weight excluding hydrogens is 308 g/mol. The minimum absolute atomic E-state index is 0.186. The van der Waals surface area contributed by atoms with Crippen LogP contribution in [-0.2, 0) is 14.8 Å². The molecule has 0 aromatic carbocycles. The van der Waals surface area contributed by atoms with Gasteiger partial charge in [0.15, 0.2) is 0 Å². The van der Waals surface area contributed by atoms with Crippen molar-refractivity contribution < 1.29 is 13.2 Å². The molecular formula is C11H15ClN2O3S2. The van der Waals surface area contributed by atoms with Crippen LogP contribution in [0.5, 0.6) is 0 Å². The van der Waals surface area contributed by atoms with Crippen molar-refractivity contribution in [1.29, 1.82) is 0 Å². The predicted octanol–water partition coefficient (Wildman–Crippen LogP) is 1.56. The first-order valence-electron chi connectivity index (χ1n) is 5.78. The monoisotopic (exact) mass is 322 g/mol. The molecule has 106 valence electrons. The lowest BCUT2D eigenvalue weighted by atomic mass is 10.2. The standard InChI is InChI=1S/C11H15ClN2O3S2/c1-7-6-9(18-10(7)12)19(16,17)14-5-4-13(3)11(15)8(14)2/h6,8H,4-5H2,1-3H3/t8-/m0/s1. The van der Waals surface area contributed by atoms with Crippen molar-refractivity contribution in [3.63, 3.8) is 0 Å². The first-order valence-corrected chi connectivity index (χ1v) is 8.41. The summed E-state index contributed by atoms with van der Waals surface area (Å²) < 4.78 is 26.9. The summed E-state index contributed by atoms with van der Waals surface area (Å²) in [7, 11) is -1.97. The molecule has 1 aromatic rings. The van der Waals surface area contributed by atoms with Crippen LogP contribution in [0.3, 0.4) is 0 Å². The molecule has 0 N–H and O–H groups in total. The molecule has 1 aliphatic heterocycles. The van der Waals surface area contributed by atoms with Gasteiger partial charge in [-0.25, -0.2) is 8.42 Å². The Labute approximate surface area is 121 Å². The fraction of sp³-hybridized carbons (Fsp3) is 0.545. The van der Waals surface area contributed by atoms with E-state index in [4.69, 9.17) is 11.6 Å². The molecule has 0 radical (unpaired) electrons. The maximum Gasteiger partial charge on any atom is 0.253 e. The smallest absolute Gasteiger partial charge is 0.253 e. The van der Waals surface area contributed by atoms with Gasteiger partial charge in [0, 0.05) is 20.1 Å². The number of halogens is 1. The second-order valence-electron chi connectivity index (χ2n) is 4.57. The fourth-order valence-corrected chi connectivity index (χ4v) is 5.41. The zero-order valence-corrected chi connectivity index (χ0v) is 13.3. The van der Waals surface area contributed by atoms with Crippen molar-refractivity contribution in [3.05, 3.63) is 16.0 Å². The summed E-state index contributed by atoms with van der Waals surface area (Å²) in [5.41, 5.74) is 0.735. The number of hydrogen-bond donors (Lipinski definition) is 0. The van der Waals surface area contributed by atoms with E-state index in [0.29, 0.717) is 17.4 Å². The number of thiophene rings is 1. The topological polar surface area (TPSA) is 57.7 Å². The van der Waals surface area contributed by atoms with Gasteiger partial charge in [0.2, 0.25) is 5.91 Å². The fourth-order valence-electron chi connectivity index (χ4n) is 2.00. The van der Waals surface area contributed by atoms with E-state index in [1.807, 2.05) is 0 Å². The molecule has 0 spiro atoms. The van der Waals surface area contributed by atoms with Crippen molar-refractivity contribution in [2.24, 2.45) is 0 Å². The predicted molar refractivity (Wildman–Crippen MR) is 75.1 cm³/mol. The lowest BCUT2D eigenvalue weighted by molar-refractivity contribution is -0.136. The normalized spacial score (nSPS) is 22.0. The SMILES string of the molecule is Cc1cc(S(=O)(=O)N2CCN(C)C(=O)[C@@H]2C)sc1Cl. The zero-order chi connectivity index (χ0) is 14.4. The van der Waals surface area contributed by atoms with E-state index in [9.17, 15) is 13.2 Å². The van der Waals surface area contributed by atoms with Crippen molar-refractivity contribution in [1.82, 2.24) is 9.21 Å². The Kier molecular flexibility index (Phi) is 3.92. The van der Waals surface area contributed by atoms with Gasteiger partial charge in [-0.05, 0) is 25.5 Å². The van der Waals surface area contributed by atoms with E-state index in [2.05, 4.69) is 0 Å². The first-order chi connectivity index (χ1) is 8.75. The Bertz CT molecular complexity index is 592. The maximum atomic E-state index is 12.5. The molecule has 0 saturated carbocycles. The third-order valence-electron chi connectivity index (χ3n) is 3.22. The highest BCUT2D eigenvalue weighted by Crippen LogP contribution is 2.33. The van der Waals surface area contributed by atoms with Crippen LogP contribution in [0.25, 0.3) is 0 Å². The van der Waals surface area contributed by atoms with E-state index in [0.717, 1.165) is 16.9 Å². The van der Waals surface area contributed by atoms with E-state index >= 15 is 0 Å². The maximum absolute atomic E-state index is 12.5. The number of likely N-dealkylation sites (N-methyl/N-ethyl adjacent to an activating group) is 1. The number of sulfonamides is 1. The minimum atomic E-state index is -3.65. The lowest BCUT2D eigenvalue weighted by Crippen LogP contribution is -2.56. The minimum Gasteiger partial charge on any atom is -0.343 e. The molecule has 1 saturated heterocycles. The van der Waals surface area contributed by atoms with Gasteiger partial charge in [-0.2, -0.15) is 4.31 Å². The van der Waals surface area contributed by atoms with Gasteiger partial charge >= 0.3 is 0 Å². The number of carbonyl (C=O) groups excluding carboxylic acids is 1. The van der Waals surface area contributed by atoms with Gasteiger partial charge in [0.05, 0.1) is 4.34 Å². The van der Waals surface area contributed by atoms with Gasteiger partial charge in [-0.3, -0.25) is 4.79 Å². The molecule has 2 heterocycles. The lowest BCUT2D eigenvalue weighted by Gasteiger charge is -2.35. The molecule has 1 aliphatic rings. The summed E-state index contributed by atoms with van der Waals surface area (Å²) in [5.74, 6) is -0.186. The average molecular weight is 323 g/mol. The summed E-state index contributed by atoms with van der Waals surface area (Å²) in [5, 5.41) is 0. The summed E-state index contributed by atoms with van der Waals surface area (Å²) >= 11 is 6.95. The Morgan fingerprint density at radius 3 is 2.58 bits per heavy atom. The molecule has 5 nitrogen and oxygen atoms in total. The molecule has 2 rings (SSSR count). The summed E-state index contributed by atoms with van der Waals surface area (Å²) in [6, 6.07) is 0.877. The summed E-state index contributed by atoms with van der Waals surface area (Å²) in [4.78, 5) is 13.4. The highest BCUT2D eigenvalue weighted by Gasteiger charge is 2.38. The number of carbonyl (C=O) groups is 1. The van der Waals surface area contributed by atoms with Gasteiger partial charge in [0.1, 0.15) is 10.3 Å². The van der Waals surface area contributed by atoms with Crippen molar-refractivity contribution in [2.75, 3.05) is 20.1 Å². The van der Waals surface area contributed by atoms with Gasteiger partial charge in [-0.1, -0.05) is 11.6 Å². The van der Waals surface area contributed by atoms with Gasteiger partial charge in [0.25, 0.3) is 10.0 Å². The van der Waals surface area contributed by atoms with E-state index < -0.39 is 16.1 Å². The molecule has 1 aromatic heterocycles. The molecule has 0 bridgehead atoms. The molecule has 1 amide bonds. The number of piperazine rings is 1. The number of nitrogens with zero attached hydrogens (tertiary/aromatic N) is 2. The van der Waals surface area contributed by atoms with Crippen LogP contribution < -0.4 is 0 Å². The second-order valence-corrected chi connectivity index (χ2v) is 8.35. The molecule has 1 fully saturated rings. The van der Waals surface area contributed by atoms with E-state index in [1.54, 1.807) is 31.9 Å². The van der Waals surface area contributed by atoms with Crippen LogP contribution in [-0.4, -0.2) is 49.7 Å². The largest absolute Gasteiger partial charge is 0.343 e. The number of rotatable bonds is 2. The van der Waals surface area contributed by atoms with Crippen molar-refractivity contribution >= 4 is 38.9 Å². The van der Waals surface area contributed by atoms with Gasteiger partial charge in [-0.15, -0.1) is 11.3 Å². The van der Waals surface area contributed by atoms with Crippen LogP contribution in [0.2, 0.25) is 4.34 Å². The quantitative estimate of drug-likeness (QED) is 0.830. The van der Waals surface area contributed by atoms with Crippen molar-refractivity contribution in [2.45, 2.75) is 24.1 Å². The van der Waals surface area contributed by atoms with Crippen LogP contribution in [0.4, 0.5) is 0 Å². The Morgan fingerprint density at radius 1 is 1.42 bits per heavy atom. The number of amides is 1. The Morgan fingerprint density at radius 2 is 2.05 bits per heavy atom. The number of aryl methyl sites for hydroxylation is 1. The second kappa shape index (κ2) is 5.05. The average Bonchev–Trinajstić information content (AvgIpc) is 2.67. The van der Waals surface area contributed by atoms with Crippen LogP contribution in [0, 0.1) is 6.92 Å². The van der Waals surface area contributed by atoms with E-state index in [-0.39, 0.29) is 10.1 Å². The molecule has 19 heavy (non-hydrogen) atoms. The molecule has 0 aliphatic carbocycles. The molecule has 8 heteroatoms. The van der Waals surface area contributed by atoms with Crippen LogP contribution >= 0.6 is 22.9 Å². The molecule has 1 atom stereocenters. The Hall–Kier alpha value is -0.630. The van der Waals surface area contributed by atoms with E-state index in [1.165, 1.54) is 4.31 Å². The summed E-state index contributed by atoms with van der Waals surface area (Å²) in [6.07, 6.45) is 0.